The van der Waals surface area contributed by atoms with Crippen LogP contribution in [0.4, 0.5) is 0 Å². The fourth-order valence-electron chi connectivity index (χ4n) is 1.90. The summed E-state index contributed by atoms with van der Waals surface area (Å²) in [5.41, 5.74) is 5.68. The topological polar surface area (TPSA) is 70.2 Å². The molecule has 0 saturated carbocycles. The molecule has 1 heterocycles. The van der Waals surface area contributed by atoms with Crippen LogP contribution in [0.5, 0.6) is 0 Å². The standard InChI is InChI=1S/C16H16N4OS/c1-3-10-20-14(13-6-4-12(2)5-7-13)11-22-16(20)19-18-15(21)8-9-17/h3-7,11H,1,8,10H2,2H3,(H,18,21)/b19-16+. The number of allylic oxidation sites excluding steroid dienone is 1. The fraction of sp³-hybridized carbons (Fsp3) is 0.188. The number of nitrogens with zero attached hydrogens (tertiary/aromatic N) is 3. The van der Waals surface area contributed by atoms with E-state index >= 15 is 0 Å². The third-order valence-corrected chi connectivity index (χ3v) is 3.84. The van der Waals surface area contributed by atoms with Crippen LogP contribution < -0.4 is 10.2 Å². The van der Waals surface area contributed by atoms with E-state index in [1.165, 1.54) is 16.9 Å². The highest BCUT2D eigenvalue weighted by Crippen LogP contribution is 2.20. The predicted octanol–water partition coefficient (Wildman–Crippen LogP) is 2.56. The number of aryl methyl sites for hydroxylation is 1. The van der Waals surface area contributed by atoms with Crippen molar-refractivity contribution in [1.29, 1.82) is 5.26 Å². The maximum atomic E-state index is 11.3. The first-order chi connectivity index (χ1) is 10.7. The molecule has 0 bridgehead atoms. The van der Waals surface area contributed by atoms with Gasteiger partial charge in [0.25, 0.3) is 5.91 Å². The molecule has 0 atom stereocenters. The van der Waals surface area contributed by atoms with Gasteiger partial charge in [-0.25, -0.2) is 5.43 Å². The molecule has 0 aliphatic carbocycles. The Labute approximate surface area is 132 Å². The number of aromatic nitrogens is 1. The molecule has 0 saturated heterocycles. The number of rotatable bonds is 5. The molecule has 2 aromatic rings. The van der Waals surface area contributed by atoms with Gasteiger partial charge in [-0.15, -0.1) is 23.0 Å². The minimum atomic E-state index is -0.419. The lowest BCUT2D eigenvalue weighted by atomic mass is 10.1. The van der Waals surface area contributed by atoms with Crippen LogP contribution in [-0.2, 0) is 11.3 Å². The molecular weight excluding hydrogens is 296 g/mol. The average Bonchev–Trinajstić information content (AvgIpc) is 2.90. The zero-order valence-electron chi connectivity index (χ0n) is 12.2. The SMILES string of the molecule is C=CCn1c(-c2ccc(C)cc2)cs/c1=N/NC(=O)CC#N. The molecule has 0 radical (unpaired) electrons. The maximum Gasteiger partial charge on any atom is 0.254 e. The summed E-state index contributed by atoms with van der Waals surface area (Å²) in [6.45, 7) is 6.39. The van der Waals surface area contributed by atoms with Crippen molar-refractivity contribution in [3.8, 4) is 17.3 Å². The van der Waals surface area contributed by atoms with Crippen LogP contribution in [0.1, 0.15) is 12.0 Å². The van der Waals surface area contributed by atoms with Gasteiger partial charge in [-0.3, -0.25) is 4.79 Å². The van der Waals surface area contributed by atoms with Crippen LogP contribution >= 0.6 is 11.3 Å². The predicted molar refractivity (Wildman–Crippen MR) is 86.6 cm³/mol. The quantitative estimate of drug-likeness (QED) is 0.681. The molecule has 2 rings (SSSR count). The van der Waals surface area contributed by atoms with Gasteiger partial charge < -0.3 is 4.57 Å². The molecule has 22 heavy (non-hydrogen) atoms. The molecule has 6 heteroatoms. The Bertz CT molecular complexity index is 778. The molecule has 112 valence electrons. The average molecular weight is 312 g/mol. The Kier molecular flexibility index (Phi) is 5.28. The van der Waals surface area contributed by atoms with E-state index in [4.69, 9.17) is 5.26 Å². The first-order valence-corrected chi connectivity index (χ1v) is 7.59. The molecule has 5 nitrogen and oxygen atoms in total. The van der Waals surface area contributed by atoms with E-state index in [1.807, 2.05) is 16.9 Å². The molecule has 0 aliphatic heterocycles. The number of carbonyl (C=O) groups excluding carboxylic acids is 1. The summed E-state index contributed by atoms with van der Waals surface area (Å²) in [6.07, 6.45) is 1.57. The fourth-order valence-corrected chi connectivity index (χ4v) is 2.78. The van der Waals surface area contributed by atoms with Gasteiger partial charge in [0, 0.05) is 11.9 Å². The Balaban J connectivity index is 2.39. The van der Waals surface area contributed by atoms with Gasteiger partial charge in [-0.05, 0) is 12.5 Å². The number of carbonyl (C=O) groups is 1. The minimum Gasteiger partial charge on any atom is -0.311 e. The number of amides is 1. The van der Waals surface area contributed by atoms with Gasteiger partial charge in [0.15, 0.2) is 0 Å². The van der Waals surface area contributed by atoms with Crippen molar-refractivity contribution in [3.05, 3.63) is 52.7 Å². The summed E-state index contributed by atoms with van der Waals surface area (Å²) in [4.78, 5) is 12.0. The number of thiazole rings is 1. The summed E-state index contributed by atoms with van der Waals surface area (Å²) < 4.78 is 1.97. The van der Waals surface area contributed by atoms with Crippen molar-refractivity contribution in [3.63, 3.8) is 0 Å². The van der Waals surface area contributed by atoms with Crippen LogP contribution in [-0.4, -0.2) is 10.5 Å². The smallest absolute Gasteiger partial charge is 0.254 e. The lowest BCUT2D eigenvalue weighted by molar-refractivity contribution is -0.120. The summed E-state index contributed by atoms with van der Waals surface area (Å²) >= 11 is 1.43. The van der Waals surface area contributed by atoms with E-state index in [0.717, 1.165) is 11.3 Å². The summed E-state index contributed by atoms with van der Waals surface area (Å²) in [5.74, 6) is -0.419. The number of nitrogens with one attached hydrogen (secondary N) is 1. The second-order valence-corrected chi connectivity index (χ2v) is 5.49. The van der Waals surface area contributed by atoms with Crippen molar-refractivity contribution in [2.24, 2.45) is 5.10 Å². The van der Waals surface area contributed by atoms with Gasteiger partial charge in [0.05, 0.1) is 11.8 Å². The normalized spacial score (nSPS) is 11.0. The largest absolute Gasteiger partial charge is 0.311 e. The van der Waals surface area contributed by atoms with Crippen LogP contribution in [0.25, 0.3) is 11.3 Å². The Morgan fingerprint density at radius 1 is 1.50 bits per heavy atom. The number of hydrogen-bond acceptors (Lipinski definition) is 4. The molecule has 0 fully saturated rings. The highest BCUT2D eigenvalue weighted by molar-refractivity contribution is 7.07. The molecular formula is C16H16N4OS. The zero-order chi connectivity index (χ0) is 15.9. The number of benzene rings is 1. The van der Waals surface area contributed by atoms with E-state index in [2.05, 4.69) is 41.4 Å². The lowest BCUT2D eigenvalue weighted by Gasteiger charge is -2.06. The van der Waals surface area contributed by atoms with Crippen LogP contribution in [0.3, 0.4) is 0 Å². The van der Waals surface area contributed by atoms with E-state index in [-0.39, 0.29) is 6.42 Å². The second-order valence-electron chi connectivity index (χ2n) is 4.65. The zero-order valence-corrected chi connectivity index (χ0v) is 13.1. The highest BCUT2D eigenvalue weighted by atomic mass is 32.1. The van der Waals surface area contributed by atoms with E-state index < -0.39 is 5.91 Å². The van der Waals surface area contributed by atoms with Crippen molar-refractivity contribution in [1.82, 2.24) is 9.99 Å². The minimum absolute atomic E-state index is 0.207. The van der Waals surface area contributed by atoms with E-state index in [1.54, 1.807) is 12.1 Å². The highest BCUT2D eigenvalue weighted by Gasteiger charge is 2.07. The van der Waals surface area contributed by atoms with Gasteiger partial charge in [0.2, 0.25) is 4.80 Å². The maximum absolute atomic E-state index is 11.3. The number of hydrogen-bond donors (Lipinski definition) is 1. The number of nitriles is 1. The molecule has 0 spiro atoms. The van der Waals surface area contributed by atoms with Crippen LogP contribution in [0.15, 0.2) is 47.4 Å². The van der Waals surface area contributed by atoms with Crippen molar-refractivity contribution in [2.75, 3.05) is 0 Å². The molecule has 1 aromatic carbocycles. The van der Waals surface area contributed by atoms with Crippen molar-refractivity contribution >= 4 is 17.2 Å². The lowest BCUT2D eigenvalue weighted by Crippen LogP contribution is -2.24. The summed E-state index contributed by atoms with van der Waals surface area (Å²) in [5, 5.41) is 14.6. The van der Waals surface area contributed by atoms with Gasteiger partial charge in [-0.1, -0.05) is 35.9 Å². The van der Waals surface area contributed by atoms with Crippen LogP contribution in [0.2, 0.25) is 0 Å². The van der Waals surface area contributed by atoms with Crippen molar-refractivity contribution in [2.45, 2.75) is 19.9 Å². The van der Waals surface area contributed by atoms with Crippen molar-refractivity contribution < 1.29 is 4.79 Å². The second kappa shape index (κ2) is 7.38. The molecule has 0 aliphatic rings. The monoisotopic (exact) mass is 312 g/mol. The molecule has 1 N–H and O–H groups in total. The Morgan fingerprint density at radius 2 is 2.23 bits per heavy atom. The van der Waals surface area contributed by atoms with Gasteiger partial charge in [0.1, 0.15) is 6.42 Å². The van der Waals surface area contributed by atoms with E-state index in [9.17, 15) is 4.79 Å². The molecule has 0 unspecified atom stereocenters. The Hall–Kier alpha value is -2.65. The Morgan fingerprint density at radius 3 is 2.86 bits per heavy atom. The third-order valence-electron chi connectivity index (χ3n) is 2.97. The summed E-state index contributed by atoms with van der Waals surface area (Å²) in [7, 11) is 0. The van der Waals surface area contributed by atoms with Crippen LogP contribution in [0, 0.1) is 18.3 Å². The molecule has 1 amide bonds. The third kappa shape index (κ3) is 3.71. The first kappa shape index (κ1) is 15.7. The van der Waals surface area contributed by atoms with Gasteiger partial charge >= 0.3 is 0 Å². The van der Waals surface area contributed by atoms with E-state index in [0.29, 0.717) is 11.3 Å². The summed E-state index contributed by atoms with van der Waals surface area (Å²) in [6, 6.07) is 9.99. The molecule has 1 aromatic heterocycles. The first-order valence-electron chi connectivity index (χ1n) is 6.71. The van der Waals surface area contributed by atoms with Gasteiger partial charge in [-0.2, -0.15) is 5.26 Å².